The zero-order valence-corrected chi connectivity index (χ0v) is 10.1. The predicted octanol–water partition coefficient (Wildman–Crippen LogP) is 0.379. The third-order valence-corrected chi connectivity index (χ3v) is 3.03. The topological polar surface area (TPSA) is 51.9 Å². The molecular weight excluding hydrogens is 204 g/mol. The highest BCUT2D eigenvalue weighted by atomic mass is 16.2. The molecule has 0 aliphatic carbocycles. The molecule has 1 aliphatic heterocycles. The minimum atomic E-state index is 0.0550. The molecule has 5 heteroatoms. The molecule has 0 saturated carbocycles. The van der Waals surface area contributed by atoms with Gasteiger partial charge in [-0.05, 0) is 26.3 Å². The van der Waals surface area contributed by atoms with Gasteiger partial charge in [-0.15, -0.1) is 0 Å². The summed E-state index contributed by atoms with van der Waals surface area (Å²) in [6.07, 6.45) is 3.19. The lowest BCUT2D eigenvalue weighted by molar-refractivity contribution is 0.448. The lowest BCUT2D eigenvalue weighted by Crippen LogP contribution is -2.35. The maximum Gasteiger partial charge on any atom is 0.345 e. The summed E-state index contributed by atoms with van der Waals surface area (Å²) in [5.74, 6) is 0.958. The van der Waals surface area contributed by atoms with Crippen LogP contribution in [-0.4, -0.2) is 26.9 Å². The highest BCUT2D eigenvalue weighted by Gasteiger charge is 2.17. The van der Waals surface area contributed by atoms with Gasteiger partial charge in [0.05, 0.1) is 6.54 Å². The Labute approximate surface area is 95.5 Å². The number of fused-ring (bicyclic) bond motifs is 1. The summed E-state index contributed by atoms with van der Waals surface area (Å²) in [4.78, 5) is 12.0. The van der Waals surface area contributed by atoms with E-state index in [0.717, 1.165) is 38.2 Å². The van der Waals surface area contributed by atoms with E-state index < -0.39 is 0 Å². The van der Waals surface area contributed by atoms with Crippen LogP contribution in [0.5, 0.6) is 0 Å². The molecule has 1 unspecified atom stereocenters. The second-order valence-corrected chi connectivity index (χ2v) is 4.45. The van der Waals surface area contributed by atoms with E-state index in [1.807, 2.05) is 4.57 Å². The van der Waals surface area contributed by atoms with E-state index in [-0.39, 0.29) is 5.69 Å². The predicted molar refractivity (Wildman–Crippen MR) is 62.6 cm³/mol. The lowest BCUT2D eigenvalue weighted by atomic mass is 10.2. The van der Waals surface area contributed by atoms with Crippen LogP contribution in [0.2, 0.25) is 0 Å². The molecule has 0 amide bonds. The maximum absolute atomic E-state index is 12.0. The van der Waals surface area contributed by atoms with E-state index >= 15 is 0 Å². The van der Waals surface area contributed by atoms with Gasteiger partial charge in [0.1, 0.15) is 5.82 Å². The first-order valence-electron chi connectivity index (χ1n) is 6.12. The van der Waals surface area contributed by atoms with E-state index in [1.54, 1.807) is 4.68 Å². The molecule has 16 heavy (non-hydrogen) atoms. The van der Waals surface area contributed by atoms with Gasteiger partial charge in [0.25, 0.3) is 0 Å². The fraction of sp³-hybridized carbons (Fsp3) is 0.818. The zero-order valence-electron chi connectivity index (χ0n) is 10.1. The number of nitrogens with zero attached hydrogens (tertiary/aromatic N) is 3. The Morgan fingerprint density at radius 1 is 1.50 bits per heavy atom. The Balaban J connectivity index is 2.16. The van der Waals surface area contributed by atoms with Crippen molar-refractivity contribution in [2.24, 2.45) is 0 Å². The number of likely N-dealkylation sites (N-methyl/N-ethyl adjacent to an activating group) is 1. The quantitative estimate of drug-likeness (QED) is 0.804. The van der Waals surface area contributed by atoms with Crippen LogP contribution in [-0.2, 0) is 19.5 Å². The average molecular weight is 224 g/mol. The number of hydrogen-bond donors (Lipinski definition) is 1. The average Bonchev–Trinajstić information content (AvgIpc) is 2.57. The Kier molecular flexibility index (Phi) is 3.43. The Morgan fingerprint density at radius 3 is 3.00 bits per heavy atom. The molecule has 2 rings (SSSR count). The second-order valence-electron chi connectivity index (χ2n) is 4.45. The number of nitrogens with one attached hydrogen (secondary N) is 1. The number of rotatable bonds is 4. The minimum absolute atomic E-state index is 0.0550. The van der Waals surface area contributed by atoms with Crippen molar-refractivity contribution in [1.29, 1.82) is 0 Å². The van der Waals surface area contributed by atoms with Crippen molar-refractivity contribution in [3.8, 4) is 0 Å². The zero-order chi connectivity index (χ0) is 11.5. The van der Waals surface area contributed by atoms with Gasteiger partial charge in [0.2, 0.25) is 0 Å². The minimum Gasteiger partial charge on any atom is -0.313 e. The smallest absolute Gasteiger partial charge is 0.313 e. The molecule has 0 bridgehead atoms. The summed E-state index contributed by atoms with van der Waals surface area (Å²) >= 11 is 0. The summed E-state index contributed by atoms with van der Waals surface area (Å²) in [7, 11) is 0. The molecule has 0 spiro atoms. The monoisotopic (exact) mass is 224 g/mol. The molecule has 5 nitrogen and oxygen atoms in total. The second kappa shape index (κ2) is 4.82. The van der Waals surface area contributed by atoms with Gasteiger partial charge in [-0.3, -0.25) is 4.57 Å². The summed E-state index contributed by atoms with van der Waals surface area (Å²) in [5, 5.41) is 7.69. The molecule has 0 saturated heterocycles. The van der Waals surface area contributed by atoms with Gasteiger partial charge in [-0.25, -0.2) is 9.48 Å². The molecular formula is C11H20N4O. The molecule has 1 aromatic rings. The molecule has 90 valence electrons. The largest absolute Gasteiger partial charge is 0.345 e. The first-order chi connectivity index (χ1) is 7.72. The Morgan fingerprint density at radius 2 is 2.31 bits per heavy atom. The number of aryl methyl sites for hydroxylation is 1. The Bertz CT molecular complexity index is 407. The van der Waals surface area contributed by atoms with E-state index in [4.69, 9.17) is 0 Å². The van der Waals surface area contributed by atoms with E-state index in [9.17, 15) is 4.79 Å². The van der Waals surface area contributed by atoms with Crippen LogP contribution < -0.4 is 11.0 Å². The van der Waals surface area contributed by atoms with Gasteiger partial charge in [-0.1, -0.05) is 6.92 Å². The van der Waals surface area contributed by atoms with Crippen molar-refractivity contribution in [3.63, 3.8) is 0 Å². The fourth-order valence-corrected chi connectivity index (χ4v) is 2.24. The van der Waals surface area contributed by atoms with Gasteiger partial charge in [-0.2, -0.15) is 5.10 Å². The van der Waals surface area contributed by atoms with Crippen LogP contribution >= 0.6 is 0 Å². The molecule has 1 atom stereocenters. The van der Waals surface area contributed by atoms with Crippen LogP contribution in [0.15, 0.2) is 4.79 Å². The van der Waals surface area contributed by atoms with Crippen molar-refractivity contribution in [1.82, 2.24) is 19.7 Å². The van der Waals surface area contributed by atoms with Gasteiger partial charge in [0, 0.05) is 19.0 Å². The highest BCUT2D eigenvalue weighted by Crippen LogP contribution is 2.09. The third kappa shape index (κ3) is 2.19. The first-order valence-corrected chi connectivity index (χ1v) is 6.12. The number of hydrogen-bond acceptors (Lipinski definition) is 3. The van der Waals surface area contributed by atoms with Gasteiger partial charge >= 0.3 is 5.69 Å². The highest BCUT2D eigenvalue weighted by molar-refractivity contribution is 4.91. The molecule has 2 heterocycles. The normalized spacial score (nSPS) is 17.1. The molecule has 0 fully saturated rings. The van der Waals surface area contributed by atoms with Crippen LogP contribution in [0.3, 0.4) is 0 Å². The lowest BCUT2D eigenvalue weighted by Gasteiger charge is -2.10. The van der Waals surface area contributed by atoms with Crippen LogP contribution in [0.1, 0.15) is 32.5 Å². The van der Waals surface area contributed by atoms with Crippen molar-refractivity contribution in [2.45, 2.75) is 52.2 Å². The summed E-state index contributed by atoms with van der Waals surface area (Å²) in [6.45, 7) is 6.56. The van der Waals surface area contributed by atoms with Crippen molar-refractivity contribution >= 4 is 0 Å². The van der Waals surface area contributed by atoms with Gasteiger partial charge in [0.15, 0.2) is 0 Å². The van der Waals surface area contributed by atoms with Crippen LogP contribution in [0.25, 0.3) is 0 Å². The van der Waals surface area contributed by atoms with Crippen molar-refractivity contribution in [2.75, 3.05) is 6.54 Å². The standard InChI is InChI=1S/C11H20N4O/c1-3-12-9(2)8-15-11(16)14-7-5-4-6-10(14)13-15/h9,12H,3-8H2,1-2H3. The molecule has 1 N–H and O–H groups in total. The van der Waals surface area contributed by atoms with E-state index in [1.165, 1.54) is 0 Å². The van der Waals surface area contributed by atoms with Gasteiger partial charge < -0.3 is 5.32 Å². The van der Waals surface area contributed by atoms with Crippen LogP contribution in [0, 0.1) is 0 Å². The summed E-state index contributed by atoms with van der Waals surface area (Å²) < 4.78 is 3.43. The van der Waals surface area contributed by atoms with Crippen molar-refractivity contribution in [3.05, 3.63) is 16.3 Å². The molecule has 0 radical (unpaired) electrons. The van der Waals surface area contributed by atoms with E-state index in [2.05, 4.69) is 24.3 Å². The third-order valence-electron chi connectivity index (χ3n) is 3.03. The molecule has 1 aromatic heterocycles. The molecule has 1 aliphatic rings. The Hall–Kier alpha value is -1.10. The summed E-state index contributed by atoms with van der Waals surface area (Å²) in [5.41, 5.74) is 0.0550. The van der Waals surface area contributed by atoms with Crippen molar-refractivity contribution < 1.29 is 0 Å². The van der Waals surface area contributed by atoms with Crippen LogP contribution in [0.4, 0.5) is 0 Å². The SMILES string of the molecule is CCNC(C)Cn1nc2n(c1=O)CCCC2. The first kappa shape index (κ1) is 11.4. The summed E-state index contributed by atoms with van der Waals surface area (Å²) in [6, 6.07) is 0.291. The van der Waals surface area contributed by atoms with E-state index in [0.29, 0.717) is 12.6 Å². The molecule has 0 aromatic carbocycles. The fourth-order valence-electron chi connectivity index (χ4n) is 2.24. The number of aromatic nitrogens is 3. The maximum atomic E-state index is 12.0.